The fraction of sp³-hybridized carbons (Fsp3) is 0.444. The van der Waals surface area contributed by atoms with E-state index in [9.17, 15) is 22.7 Å². The minimum absolute atomic E-state index is 0.0702. The largest absolute Gasteiger partial charge is 0.382 e. The minimum Gasteiger partial charge on any atom is -0.382 e. The molecule has 0 amide bonds. The molecule has 3 aromatic heterocycles. The normalized spacial score (nSPS) is 20.0. The van der Waals surface area contributed by atoms with Crippen LogP contribution >= 0.6 is 11.6 Å². The number of alkyl halides is 4. The van der Waals surface area contributed by atoms with Crippen molar-refractivity contribution in [3.05, 3.63) is 35.0 Å². The van der Waals surface area contributed by atoms with Crippen LogP contribution in [0.1, 0.15) is 24.9 Å². The Morgan fingerprint density at radius 1 is 1.27 bits per heavy atom. The van der Waals surface area contributed by atoms with Crippen molar-refractivity contribution in [1.29, 1.82) is 0 Å². The molecule has 30 heavy (non-hydrogen) atoms. The van der Waals surface area contributed by atoms with Crippen molar-refractivity contribution in [1.82, 2.24) is 24.7 Å². The topological polar surface area (TPSA) is 80.0 Å². The Morgan fingerprint density at radius 2 is 2.00 bits per heavy atom. The summed E-state index contributed by atoms with van der Waals surface area (Å²) in [5.41, 5.74) is -1.45. The summed E-state index contributed by atoms with van der Waals surface area (Å²) < 4.78 is 55.4. The zero-order valence-corrected chi connectivity index (χ0v) is 16.7. The van der Waals surface area contributed by atoms with Gasteiger partial charge in [-0.05, 0) is 6.92 Å². The Hall–Kier alpha value is -2.53. The predicted octanol–water partition coefficient (Wildman–Crippen LogP) is 3.49. The monoisotopic (exact) mass is 444 g/mol. The second kappa shape index (κ2) is 7.02. The highest BCUT2D eigenvalue weighted by atomic mass is 35.5. The number of hydrogen-bond donors (Lipinski definition) is 1. The van der Waals surface area contributed by atoms with Crippen LogP contribution in [0.25, 0.3) is 16.7 Å². The zero-order chi connectivity index (χ0) is 21.8. The molecule has 3 aromatic rings. The molecule has 4 rings (SSSR count). The number of hydrogen-bond acceptors (Lipinski definition) is 6. The van der Waals surface area contributed by atoms with Crippen LogP contribution in [0.5, 0.6) is 0 Å². The number of fused-ring (bicyclic) bond motifs is 1. The van der Waals surface area contributed by atoms with Crippen LogP contribution < -0.4 is 4.90 Å². The van der Waals surface area contributed by atoms with Crippen LogP contribution in [0, 0.1) is 6.92 Å². The number of aryl methyl sites for hydroxylation is 1. The van der Waals surface area contributed by atoms with Crippen molar-refractivity contribution in [2.45, 2.75) is 38.2 Å². The lowest BCUT2D eigenvalue weighted by atomic mass is 10.1. The van der Waals surface area contributed by atoms with Gasteiger partial charge in [0.05, 0.1) is 17.4 Å². The van der Waals surface area contributed by atoms with Crippen LogP contribution in [0.15, 0.2) is 18.3 Å². The molecule has 0 aliphatic carbocycles. The molecule has 0 radical (unpaired) electrons. The van der Waals surface area contributed by atoms with E-state index in [1.165, 1.54) is 27.9 Å². The lowest BCUT2D eigenvalue weighted by molar-refractivity contribution is -0.0800. The van der Waals surface area contributed by atoms with E-state index < -0.39 is 23.8 Å². The second-order valence-corrected chi connectivity index (χ2v) is 7.80. The molecule has 0 aromatic carbocycles. The lowest BCUT2D eigenvalue weighted by Crippen LogP contribution is -2.40. The smallest absolute Gasteiger partial charge is 0.303 e. The van der Waals surface area contributed by atoms with Crippen molar-refractivity contribution in [3.8, 4) is 5.82 Å². The van der Waals surface area contributed by atoms with Gasteiger partial charge in [-0.3, -0.25) is 0 Å². The molecule has 1 unspecified atom stereocenters. The van der Waals surface area contributed by atoms with E-state index in [0.717, 1.165) is 0 Å². The maximum Gasteiger partial charge on any atom is 0.303 e. The Labute approximate surface area is 173 Å². The highest BCUT2D eigenvalue weighted by Crippen LogP contribution is 2.36. The summed E-state index contributed by atoms with van der Waals surface area (Å²) in [4.78, 5) is 13.2. The summed E-state index contributed by atoms with van der Waals surface area (Å²) in [6, 6.07) is 2.95. The van der Waals surface area contributed by atoms with E-state index in [1.54, 1.807) is 6.92 Å². The average molecular weight is 445 g/mol. The Bertz CT molecular complexity index is 1120. The molecule has 1 N–H and O–H groups in total. The molecule has 0 bridgehead atoms. The predicted molar refractivity (Wildman–Crippen MR) is 102 cm³/mol. The first-order chi connectivity index (χ1) is 14.0. The number of pyridine rings is 1. The van der Waals surface area contributed by atoms with Gasteiger partial charge in [0.2, 0.25) is 5.82 Å². The Kier molecular flexibility index (Phi) is 4.85. The van der Waals surface area contributed by atoms with Gasteiger partial charge < -0.3 is 10.0 Å². The molecular formula is C18H17ClF4N6O. The van der Waals surface area contributed by atoms with Crippen LogP contribution in [-0.4, -0.2) is 55.0 Å². The number of rotatable bonds is 4. The molecule has 0 saturated carbocycles. The standard InChI is InChI=1S/C18H17ClF4N6O/c1-9-5-13(26-16(25-9)17(2,22)23)29-11-6-12(19)24-7-10(11)14(27-29)28-4-3-18(30,8-28)15(20)21/h5-7,15,30H,3-4,8H2,1-2H3. The highest BCUT2D eigenvalue weighted by molar-refractivity contribution is 6.30. The summed E-state index contributed by atoms with van der Waals surface area (Å²) in [6.45, 7) is 2.04. The Balaban J connectivity index is 1.87. The second-order valence-electron chi connectivity index (χ2n) is 7.41. The van der Waals surface area contributed by atoms with Crippen LogP contribution in [0.3, 0.4) is 0 Å². The summed E-state index contributed by atoms with van der Waals surface area (Å²) in [6.07, 6.45) is -1.64. The number of β-amino-alcohol motifs (C(OH)–C–C–N with tert-alkyl or cyclic N) is 1. The van der Waals surface area contributed by atoms with Crippen LogP contribution in [0.4, 0.5) is 23.4 Å². The van der Waals surface area contributed by atoms with Crippen molar-refractivity contribution in [2.75, 3.05) is 18.0 Å². The molecule has 4 heterocycles. The summed E-state index contributed by atoms with van der Waals surface area (Å²) in [5, 5.41) is 15.1. The van der Waals surface area contributed by atoms with Crippen LogP contribution in [-0.2, 0) is 5.92 Å². The van der Waals surface area contributed by atoms with Gasteiger partial charge in [-0.25, -0.2) is 28.4 Å². The average Bonchev–Trinajstić information content (AvgIpc) is 3.22. The van der Waals surface area contributed by atoms with E-state index in [4.69, 9.17) is 11.6 Å². The van der Waals surface area contributed by atoms with Crippen molar-refractivity contribution in [2.24, 2.45) is 0 Å². The van der Waals surface area contributed by atoms with Gasteiger partial charge in [0.15, 0.2) is 11.6 Å². The fourth-order valence-corrected chi connectivity index (χ4v) is 3.56. The minimum atomic E-state index is -3.27. The number of aromatic nitrogens is 5. The first-order valence-corrected chi connectivity index (χ1v) is 9.40. The SMILES string of the molecule is Cc1cc(-n2nc(N3CCC(O)(C(F)F)C3)c3cnc(Cl)cc32)nc(C(C)(F)F)n1. The summed E-state index contributed by atoms with van der Waals surface area (Å²) in [7, 11) is 0. The van der Waals surface area contributed by atoms with Gasteiger partial charge in [-0.15, -0.1) is 5.10 Å². The summed E-state index contributed by atoms with van der Waals surface area (Å²) in [5.74, 6) is -3.60. The first kappa shape index (κ1) is 20.7. The molecule has 160 valence electrons. The number of halogens is 5. The van der Waals surface area contributed by atoms with Gasteiger partial charge in [-0.1, -0.05) is 11.6 Å². The van der Waals surface area contributed by atoms with Gasteiger partial charge in [0.1, 0.15) is 10.8 Å². The molecule has 12 heteroatoms. The number of aliphatic hydroxyl groups is 1. The van der Waals surface area contributed by atoms with E-state index >= 15 is 0 Å². The zero-order valence-electron chi connectivity index (χ0n) is 16.0. The molecule has 0 spiro atoms. The van der Waals surface area contributed by atoms with E-state index in [1.807, 2.05) is 0 Å². The molecule has 1 fully saturated rings. The summed E-state index contributed by atoms with van der Waals surface area (Å²) >= 11 is 6.01. The van der Waals surface area contributed by atoms with Gasteiger partial charge >= 0.3 is 5.92 Å². The van der Waals surface area contributed by atoms with Gasteiger partial charge in [0.25, 0.3) is 6.43 Å². The third-order valence-electron chi connectivity index (χ3n) is 4.95. The maximum absolute atomic E-state index is 13.8. The van der Waals surface area contributed by atoms with Crippen LogP contribution in [0.2, 0.25) is 5.15 Å². The molecule has 7 nitrogen and oxygen atoms in total. The van der Waals surface area contributed by atoms with E-state index in [0.29, 0.717) is 23.5 Å². The van der Waals surface area contributed by atoms with E-state index in [-0.39, 0.29) is 36.3 Å². The van der Waals surface area contributed by atoms with Gasteiger partial charge in [-0.2, -0.15) is 8.78 Å². The first-order valence-electron chi connectivity index (χ1n) is 9.02. The van der Waals surface area contributed by atoms with Crippen molar-refractivity contribution < 1.29 is 22.7 Å². The Morgan fingerprint density at radius 3 is 2.63 bits per heavy atom. The third kappa shape index (κ3) is 3.56. The van der Waals surface area contributed by atoms with Crippen molar-refractivity contribution >= 4 is 28.3 Å². The molecular weight excluding hydrogens is 428 g/mol. The number of anilines is 1. The molecule has 1 aliphatic heterocycles. The molecule has 1 aliphatic rings. The molecule has 1 atom stereocenters. The van der Waals surface area contributed by atoms with Gasteiger partial charge in [0, 0.05) is 43.9 Å². The quantitative estimate of drug-likeness (QED) is 0.490. The number of nitrogens with zero attached hydrogens (tertiary/aromatic N) is 6. The maximum atomic E-state index is 13.8. The highest BCUT2D eigenvalue weighted by Gasteiger charge is 2.45. The lowest BCUT2D eigenvalue weighted by Gasteiger charge is -2.22. The fourth-order valence-electron chi connectivity index (χ4n) is 3.41. The third-order valence-corrected chi connectivity index (χ3v) is 5.15. The van der Waals surface area contributed by atoms with Crippen molar-refractivity contribution in [3.63, 3.8) is 0 Å². The molecule has 1 saturated heterocycles. The van der Waals surface area contributed by atoms with E-state index in [2.05, 4.69) is 20.1 Å².